The van der Waals surface area contributed by atoms with E-state index in [0.717, 1.165) is 0 Å². The van der Waals surface area contributed by atoms with Crippen LogP contribution in [0.3, 0.4) is 0 Å². The predicted molar refractivity (Wildman–Crippen MR) is 53.7 cm³/mol. The molecule has 0 aromatic heterocycles. The van der Waals surface area contributed by atoms with E-state index >= 15 is 0 Å². The van der Waals surface area contributed by atoms with Crippen LogP contribution in [0.15, 0.2) is 24.3 Å². The molecule has 1 rings (SSSR count). The predicted octanol–water partition coefficient (Wildman–Crippen LogP) is 2.44. The van der Waals surface area contributed by atoms with Gasteiger partial charge in [0.05, 0.1) is 10.9 Å². The van der Waals surface area contributed by atoms with Gasteiger partial charge in [0.1, 0.15) is 12.4 Å². The minimum atomic E-state index is -0.878. The molecule has 0 fully saturated rings. The summed E-state index contributed by atoms with van der Waals surface area (Å²) >= 11 is 5.81. The van der Waals surface area contributed by atoms with E-state index in [2.05, 4.69) is 0 Å². The molecular weight excluding hydrogens is 204 g/mol. The van der Waals surface area contributed by atoms with Crippen LogP contribution < -0.4 is 4.74 Å². The number of carboxylic acid groups (broad SMARTS) is 1. The van der Waals surface area contributed by atoms with E-state index in [9.17, 15) is 4.79 Å². The summed E-state index contributed by atoms with van der Waals surface area (Å²) in [6.45, 7) is 1.71. The summed E-state index contributed by atoms with van der Waals surface area (Å²) in [5.41, 5.74) is 0. The molecule has 0 unspecified atom stereocenters. The van der Waals surface area contributed by atoms with Crippen molar-refractivity contribution in [3.8, 4) is 5.75 Å². The summed E-state index contributed by atoms with van der Waals surface area (Å²) in [5, 5.41) is 9.11. The second kappa shape index (κ2) is 4.86. The Kier molecular flexibility index (Phi) is 3.77. The van der Waals surface area contributed by atoms with E-state index in [-0.39, 0.29) is 6.61 Å². The topological polar surface area (TPSA) is 46.5 Å². The Labute approximate surface area is 87.3 Å². The van der Waals surface area contributed by atoms with E-state index in [1.807, 2.05) is 0 Å². The number of rotatable bonds is 4. The van der Waals surface area contributed by atoms with Gasteiger partial charge >= 0.3 is 5.97 Å². The lowest BCUT2D eigenvalue weighted by Gasteiger charge is -2.09. The third-order valence-corrected chi connectivity index (χ3v) is 2.06. The van der Waals surface area contributed by atoms with Crippen molar-refractivity contribution in [3.05, 3.63) is 29.3 Å². The molecule has 0 aliphatic heterocycles. The molecule has 4 heteroatoms. The van der Waals surface area contributed by atoms with Gasteiger partial charge in [-0.3, -0.25) is 4.79 Å². The van der Waals surface area contributed by atoms with Gasteiger partial charge in [-0.25, -0.2) is 0 Å². The van der Waals surface area contributed by atoms with Crippen molar-refractivity contribution in [2.45, 2.75) is 6.92 Å². The largest absolute Gasteiger partial charge is 0.491 e. The molecule has 3 nitrogen and oxygen atoms in total. The molecule has 0 radical (unpaired) electrons. The van der Waals surface area contributed by atoms with Crippen LogP contribution in [0.2, 0.25) is 5.02 Å². The van der Waals surface area contributed by atoms with E-state index < -0.39 is 11.9 Å². The number of carboxylic acids is 1. The standard InChI is InChI=1S/C10H11ClO3/c1-7(10(12)13)6-14-9-5-3-2-4-8(9)11/h2-5,7H,6H2,1H3,(H,12,13)/t7-/m1/s1. The minimum absolute atomic E-state index is 0.124. The molecule has 14 heavy (non-hydrogen) atoms. The molecule has 0 saturated carbocycles. The maximum absolute atomic E-state index is 10.5. The second-order valence-electron chi connectivity index (χ2n) is 2.98. The van der Waals surface area contributed by atoms with Gasteiger partial charge in [0.2, 0.25) is 0 Å². The van der Waals surface area contributed by atoms with Crippen LogP contribution in [0.5, 0.6) is 5.75 Å². The average molecular weight is 215 g/mol. The van der Waals surface area contributed by atoms with Crippen LogP contribution >= 0.6 is 11.6 Å². The number of benzene rings is 1. The van der Waals surface area contributed by atoms with Gasteiger partial charge in [-0.05, 0) is 19.1 Å². The molecule has 1 aromatic rings. The van der Waals surface area contributed by atoms with E-state index in [1.54, 1.807) is 31.2 Å². The van der Waals surface area contributed by atoms with E-state index in [4.69, 9.17) is 21.4 Å². The molecule has 1 atom stereocenters. The Morgan fingerprint density at radius 2 is 2.21 bits per heavy atom. The van der Waals surface area contributed by atoms with E-state index in [1.165, 1.54) is 0 Å². The molecular formula is C10H11ClO3. The molecule has 0 heterocycles. The van der Waals surface area contributed by atoms with E-state index in [0.29, 0.717) is 10.8 Å². The zero-order valence-corrected chi connectivity index (χ0v) is 8.49. The highest BCUT2D eigenvalue weighted by molar-refractivity contribution is 6.32. The third kappa shape index (κ3) is 2.92. The zero-order chi connectivity index (χ0) is 10.6. The normalized spacial score (nSPS) is 12.1. The number of ether oxygens (including phenoxy) is 1. The van der Waals surface area contributed by atoms with Crippen molar-refractivity contribution < 1.29 is 14.6 Å². The lowest BCUT2D eigenvalue weighted by atomic mass is 10.2. The van der Waals surface area contributed by atoms with Gasteiger partial charge in [0.15, 0.2) is 0 Å². The first kappa shape index (κ1) is 10.9. The van der Waals surface area contributed by atoms with Gasteiger partial charge in [-0.2, -0.15) is 0 Å². The Morgan fingerprint density at radius 1 is 1.57 bits per heavy atom. The second-order valence-corrected chi connectivity index (χ2v) is 3.39. The van der Waals surface area contributed by atoms with Gasteiger partial charge in [-0.1, -0.05) is 23.7 Å². The van der Waals surface area contributed by atoms with Crippen LogP contribution in [0.1, 0.15) is 6.92 Å². The monoisotopic (exact) mass is 214 g/mol. The lowest BCUT2D eigenvalue weighted by Crippen LogP contribution is -2.17. The Balaban J connectivity index is 2.54. The molecule has 0 saturated heterocycles. The third-order valence-electron chi connectivity index (χ3n) is 1.75. The summed E-state index contributed by atoms with van der Waals surface area (Å²) in [4.78, 5) is 10.5. The molecule has 0 aliphatic carbocycles. The summed E-state index contributed by atoms with van der Waals surface area (Å²) < 4.78 is 5.25. The van der Waals surface area contributed by atoms with Crippen LogP contribution in [0, 0.1) is 5.92 Å². The zero-order valence-electron chi connectivity index (χ0n) is 7.74. The molecule has 76 valence electrons. The van der Waals surface area contributed by atoms with Crippen molar-refractivity contribution in [2.24, 2.45) is 5.92 Å². The summed E-state index contributed by atoms with van der Waals surface area (Å²) in [6, 6.07) is 6.97. The smallest absolute Gasteiger partial charge is 0.309 e. The quantitative estimate of drug-likeness (QED) is 0.838. The molecule has 0 spiro atoms. The summed E-state index contributed by atoms with van der Waals surface area (Å²) in [6.07, 6.45) is 0. The Morgan fingerprint density at radius 3 is 2.79 bits per heavy atom. The SMILES string of the molecule is C[C@H](COc1ccccc1Cl)C(=O)O. The fourth-order valence-electron chi connectivity index (χ4n) is 0.848. The maximum atomic E-state index is 10.5. The first-order valence-electron chi connectivity index (χ1n) is 4.21. The first-order chi connectivity index (χ1) is 6.61. The van der Waals surface area contributed by atoms with Crippen molar-refractivity contribution in [2.75, 3.05) is 6.61 Å². The number of para-hydroxylation sites is 1. The summed E-state index contributed by atoms with van der Waals surface area (Å²) in [5.74, 6) is -0.898. The fourth-order valence-corrected chi connectivity index (χ4v) is 1.04. The van der Waals surface area contributed by atoms with Gasteiger partial charge in [-0.15, -0.1) is 0 Å². The molecule has 0 amide bonds. The van der Waals surface area contributed by atoms with Crippen molar-refractivity contribution in [3.63, 3.8) is 0 Å². The lowest BCUT2D eigenvalue weighted by molar-refractivity contribution is -0.142. The van der Waals surface area contributed by atoms with Crippen molar-refractivity contribution >= 4 is 17.6 Å². The van der Waals surface area contributed by atoms with Crippen LogP contribution in [0.4, 0.5) is 0 Å². The van der Waals surface area contributed by atoms with Crippen molar-refractivity contribution in [1.82, 2.24) is 0 Å². The number of hydrogen-bond donors (Lipinski definition) is 1. The maximum Gasteiger partial charge on any atom is 0.309 e. The van der Waals surface area contributed by atoms with Gasteiger partial charge < -0.3 is 9.84 Å². The molecule has 0 bridgehead atoms. The highest BCUT2D eigenvalue weighted by Crippen LogP contribution is 2.23. The Hall–Kier alpha value is -1.22. The van der Waals surface area contributed by atoms with Gasteiger partial charge in [0.25, 0.3) is 0 Å². The number of halogens is 1. The first-order valence-corrected chi connectivity index (χ1v) is 4.59. The number of hydrogen-bond acceptors (Lipinski definition) is 2. The fraction of sp³-hybridized carbons (Fsp3) is 0.300. The van der Waals surface area contributed by atoms with Crippen LogP contribution in [-0.2, 0) is 4.79 Å². The summed E-state index contributed by atoms with van der Waals surface area (Å²) in [7, 11) is 0. The minimum Gasteiger partial charge on any atom is -0.491 e. The molecule has 0 aliphatic rings. The highest BCUT2D eigenvalue weighted by Gasteiger charge is 2.12. The molecule has 1 aromatic carbocycles. The number of aliphatic carboxylic acids is 1. The van der Waals surface area contributed by atoms with Crippen molar-refractivity contribution in [1.29, 1.82) is 0 Å². The van der Waals surface area contributed by atoms with Crippen LogP contribution in [0.25, 0.3) is 0 Å². The average Bonchev–Trinajstić information content (AvgIpc) is 2.16. The van der Waals surface area contributed by atoms with Gasteiger partial charge in [0, 0.05) is 0 Å². The molecule has 1 N–H and O–H groups in total. The number of carbonyl (C=O) groups is 1. The van der Waals surface area contributed by atoms with Crippen LogP contribution in [-0.4, -0.2) is 17.7 Å². The Bertz CT molecular complexity index is 325. The highest BCUT2D eigenvalue weighted by atomic mass is 35.5.